The van der Waals surface area contributed by atoms with Crippen molar-refractivity contribution in [2.24, 2.45) is 5.73 Å². The normalized spacial score (nSPS) is 12.9. The van der Waals surface area contributed by atoms with E-state index in [-0.39, 0.29) is 12.2 Å². The quantitative estimate of drug-likeness (QED) is 0.741. The zero-order valence-corrected chi connectivity index (χ0v) is 6.63. The Bertz CT molecular complexity index is 233. The van der Waals surface area contributed by atoms with Gasteiger partial charge < -0.3 is 5.73 Å². The van der Waals surface area contributed by atoms with E-state index in [0.717, 1.165) is 0 Å². The first-order valence-electron chi connectivity index (χ1n) is 3.83. The van der Waals surface area contributed by atoms with Gasteiger partial charge in [-0.25, -0.2) is 8.78 Å². The molecule has 0 saturated heterocycles. The van der Waals surface area contributed by atoms with Crippen molar-refractivity contribution in [2.75, 3.05) is 6.54 Å². The van der Waals surface area contributed by atoms with Crippen LogP contribution in [0, 0.1) is 5.82 Å². The predicted octanol–water partition coefficient (Wildman–Crippen LogP) is 2.19. The van der Waals surface area contributed by atoms with E-state index in [1.54, 1.807) is 0 Å². The van der Waals surface area contributed by atoms with E-state index >= 15 is 0 Å². The summed E-state index contributed by atoms with van der Waals surface area (Å²) in [5.74, 6) is -0.348. The van der Waals surface area contributed by atoms with Crippen molar-refractivity contribution >= 4 is 0 Å². The molecule has 1 atom stereocenters. The van der Waals surface area contributed by atoms with Crippen molar-refractivity contribution in [3.63, 3.8) is 0 Å². The lowest BCUT2D eigenvalue weighted by Crippen LogP contribution is -2.03. The molecule has 66 valence electrons. The lowest BCUT2D eigenvalue weighted by atomic mass is 10.1. The van der Waals surface area contributed by atoms with E-state index < -0.39 is 6.17 Å². The van der Waals surface area contributed by atoms with Crippen LogP contribution in [0.25, 0.3) is 0 Å². The molecule has 0 amide bonds. The highest BCUT2D eigenvalue weighted by molar-refractivity contribution is 5.18. The maximum atomic E-state index is 13.1. The molecule has 2 N–H and O–H groups in total. The van der Waals surface area contributed by atoms with E-state index in [4.69, 9.17) is 5.73 Å². The monoisotopic (exact) mass is 171 g/mol. The van der Waals surface area contributed by atoms with Gasteiger partial charge in [0.1, 0.15) is 12.0 Å². The number of alkyl halides is 1. The lowest BCUT2D eigenvalue weighted by Gasteiger charge is -2.05. The maximum absolute atomic E-state index is 13.1. The Labute approximate surface area is 70.2 Å². The van der Waals surface area contributed by atoms with Gasteiger partial charge in [0, 0.05) is 0 Å². The summed E-state index contributed by atoms with van der Waals surface area (Å²) in [7, 11) is 0. The number of hydrogen-bond acceptors (Lipinski definition) is 1. The van der Waals surface area contributed by atoms with Crippen LogP contribution in [0.15, 0.2) is 24.3 Å². The highest BCUT2D eigenvalue weighted by Crippen LogP contribution is 2.20. The Morgan fingerprint density at radius 1 is 1.25 bits per heavy atom. The molecule has 0 aromatic heterocycles. The first-order valence-corrected chi connectivity index (χ1v) is 3.83. The molecule has 0 spiro atoms. The van der Waals surface area contributed by atoms with Gasteiger partial charge in [0.15, 0.2) is 0 Å². The lowest BCUT2D eigenvalue weighted by molar-refractivity contribution is 0.327. The summed E-state index contributed by atoms with van der Waals surface area (Å²) in [4.78, 5) is 0. The SMILES string of the molecule is NCCC(F)c1ccc(F)cc1. The molecule has 0 radical (unpaired) electrons. The molecule has 0 saturated carbocycles. The second-order valence-corrected chi connectivity index (χ2v) is 2.60. The highest BCUT2D eigenvalue weighted by atomic mass is 19.1. The van der Waals surface area contributed by atoms with Crippen LogP contribution in [0.1, 0.15) is 18.2 Å². The number of nitrogens with two attached hydrogens (primary N) is 1. The maximum Gasteiger partial charge on any atom is 0.126 e. The Hall–Kier alpha value is -0.960. The van der Waals surface area contributed by atoms with Gasteiger partial charge in [-0.2, -0.15) is 0 Å². The van der Waals surface area contributed by atoms with Crippen molar-refractivity contribution in [1.29, 1.82) is 0 Å². The number of halogens is 2. The van der Waals surface area contributed by atoms with Gasteiger partial charge in [-0.1, -0.05) is 12.1 Å². The van der Waals surface area contributed by atoms with Crippen LogP contribution in [0.4, 0.5) is 8.78 Å². The molecule has 0 aliphatic carbocycles. The van der Waals surface area contributed by atoms with Crippen molar-refractivity contribution < 1.29 is 8.78 Å². The van der Waals surface area contributed by atoms with Crippen LogP contribution >= 0.6 is 0 Å². The third-order valence-electron chi connectivity index (χ3n) is 1.65. The minimum atomic E-state index is -1.07. The molecule has 0 aliphatic rings. The van der Waals surface area contributed by atoms with Crippen LogP contribution in [0.3, 0.4) is 0 Å². The zero-order chi connectivity index (χ0) is 8.97. The second kappa shape index (κ2) is 4.16. The molecule has 1 nitrogen and oxygen atoms in total. The fourth-order valence-corrected chi connectivity index (χ4v) is 0.985. The van der Waals surface area contributed by atoms with Crippen LogP contribution < -0.4 is 5.73 Å². The van der Waals surface area contributed by atoms with E-state index in [1.807, 2.05) is 0 Å². The van der Waals surface area contributed by atoms with E-state index in [1.165, 1.54) is 24.3 Å². The highest BCUT2D eigenvalue weighted by Gasteiger charge is 2.07. The Morgan fingerprint density at radius 3 is 2.33 bits per heavy atom. The summed E-state index contributed by atoms with van der Waals surface area (Å²) in [6.45, 7) is 0.304. The van der Waals surface area contributed by atoms with Crippen LogP contribution in [-0.2, 0) is 0 Å². The standard InChI is InChI=1S/C9H11F2N/c10-8-3-1-7(2-4-8)9(11)5-6-12/h1-4,9H,5-6,12H2. The van der Waals surface area contributed by atoms with E-state index in [9.17, 15) is 8.78 Å². The Morgan fingerprint density at radius 2 is 1.83 bits per heavy atom. The van der Waals surface area contributed by atoms with Gasteiger partial charge in [0.25, 0.3) is 0 Å². The summed E-state index contributed by atoms with van der Waals surface area (Å²) in [5, 5.41) is 0. The summed E-state index contributed by atoms with van der Waals surface area (Å²) in [6, 6.07) is 5.38. The summed E-state index contributed by atoms with van der Waals surface area (Å²) in [6.07, 6.45) is -0.790. The molecule has 1 aromatic carbocycles. The van der Waals surface area contributed by atoms with E-state index in [0.29, 0.717) is 12.1 Å². The molecule has 0 heterocycles. The Balaban J connectivity index is 2.68. The summed E-state index contributed by atoms with van der Waals surface area (Å²) in [5.41, 5.74) is 5.67. The van der Waals surface area contributed by atoms with Crippen molar-refractivity contribution in [3.8, 4) is 0 Å². The van der Waals surface area contributed by atoms with Crippen LogP contribution in [-0.4, -0.2) is 6.54 Å². The molecule has 3 heteroatoms. The van der Waals surface area contributed by atoms with Crippen LogP contribution in [0.2, 0.25) is 0 Å². The molecule has 0 bridgehead atoms. The molecule has 0 aliphatic heterocycles. The fourth-order valence-electron chi connectivity index (χ4n) is 0.985. The van der Waals surface area contributed by atoms with Gasteiger partial charge in [-0.3, -0.25) is 0 Å². The molecule has 1 rings (SSSR count). The summed E-state index contributed by atoms with van der Waals surface area (Å²) < 4.78 is 25.5. The van der Waals surface area contributed by atoms with Gasteiger partial charge in [-0.05, 0) is 30.7 Å². The molecule has 12 heavy (non-hydrogen) atoms. The molecule has 0 fully saturated rings. The third-order valence-corrected chi connectivity index (χ3v) is 1.65. The van der Waals surface area contributed by atoms with Crippen molar-refractivity contribution in [2.45, 2.75) is 12.6 Å². The smallest absolute Gasteiger partial charge is 0.126 e. The largest absolute Gasteiger partial charge is 0.330 e. The number of benzene rings is 1. The van der Waals surface area contributed by atoms with Gasteiger partial charge >= 0.3 is 0 Å². The average Bonchev–Trinajstić information content (AvgIpc) is 2.06. The first-order chi connectivity index (χ1) is 5.74. The average molecular weight is 171 g/mol. The minimum absolute atomic E-state index is 0.283. The molecule has 1 aromatic rings. The van der Waals surface area contributed by atoms with Crippen molar-refractivity contribution in [3.05, 3.63) is 35.6 Å². The van der Waals surface area contributed by atoms with Gasteiger partial charge in [0.2, 0.25) is 0 Å². The van der Waals surface area contributed by atoms with Gasteiger partial charge in [0.05, 0.1) is 0 Å². The minimum Gasteiger partial charge on any atom is -0.330 e. The topological polar surface area (TPSA) is 26.0 Å². The third kappa shape index (κ3) is 2.27. The number of hydrogen-bond donors (Lipinski definition) is 1. The predicted molar refractivity (Wildman–Crippen MR) is 43.9 cm³/mol. The van der Waals surface area contributed by atoms with E-state index in [2.05, 4.69) is 0 Å². The summed E-state index contributed by atoms with van der Waals surface area (Å²) >= 11 is 0. The molecule has 1 unspecified atom stereocenters. The Kier molecular flexibility index (Phi) is 3.17. The number of rotatable bonds is 3. The van der Waals surface area contributed by atoms with Crippen LogP contribution in [0.5, 0.6) is 0 Å². The fraction of sp³-hybridized carbons (Fsp3) is 0.333. The van der Waals surface area contributed by atoms with Crippen molar-refractivity contribution in [1.82, 2.24) is 0 Å². The first kappa shape index (κ1) is 9.13. The second-order valence-electron chi connectivity index (χ2n) is 2.60. The zero-order valence-electron chi connectivity index (χ0n) is 6.63. The molecular formula is C9H11F2N. The molecular weight excluding hydrogens is 160 g/mol. The van der Waals surface area contributed by atoms with Gasteiger partial charge in [-0.15, -0.1) is 0 Å².